The van der Waals surface area contributed by atoms with E-state index >= 15 is 0 Å². The molecule has 0 unspecified atom stereocenters. The number of hydrogen-bond donors (Lipinski definition) is 1. The van der Waals surface area contributed by atoms with Gasteiger partial charge in [-0.25, -0.2) is 0 Å². The molecule has 1 aliphatic carbocycles. The lowest BCUT2D eigenvalue weighted by molar-refractivity contribution is -0.149. The molecule has 3 rings (SSSR count). The molecule has 0 heterocycles. The highest BCUT2D eigenvalue weighted by atomic mass is 16.5. The number of hydrogen-bond acceptors (Lipinski definition) is 4. The lowest BCUT2D eigenvalue weighted by Crippen LogP contribution is -2.34. The van der Waals surface area contributed by atoms with Gasteiger partial charge >= 0.3 is 5.97 Å². The fraction of sp³-hybridized carbons (Fsp3) is 0.364. The van der Waals surface area contributed by atoms with Crippen LogP contribution in [0.15, 0.2) is 48.5 Å². The van der Waals surface area contributed by atoms with Gasteiger partial charge < -0.3 is 14.8 Å². The molecule has 27 heavy (non-hydrogen) atoms. The quantitative estimate of drug-likeness (QED) is 0.761. The largest absolute Gasteiger partial charge is 0.493 e. The van der Waals surface area contributed by atoms with Gasteiger partial charge in [0.1, 0.15) is 5.75 Å². The maximum absolute atomic E-state index is 12.1. The molecule has 0 radical (unpaired) electrons. The number of ether oxygens (including phenoxy) is 2. The van der Waals surface area contributed by atoms with E-state index in [1.807, 2.05) is 49.4 Å². The molecule has 0 fully saturated rings. The van der Waals surface area contributed by atoms with Crippen LogP contribution in [0.2, 0.25) is 0 Å². The van der Waals surface area contributed by atoms with Crippen molar-refractivity contribution in [2.24, 2.45) is 0 Å². The smallest absolute Gasteiger partial charge is 0.309 e. The average molecular weight is 367 g/mol. The first-order valence-corrected chi connectivity index (χ1v) is 9.34. The molecule has 2 aromatic carbocycles. The molecule has 1 atom stereocenters. The van der Waals surface area contributed by atoms with Crippen molar-refractivity contribution >= 4 is 11.9 Å². The molecule has 0 aliphatic heterocycles. The fourth-order valence-corrected chi connectivity index (χ4v) is 3.32. The molecule has 2 aromatic rings. The summed E-state index contributed by atoms with van der Waals surface area (Å²) >= 11 is 0. The summed E-state index contributed by atoms with van der Waals surface area (Å²) in [6.45, 7) is 1.91. The van der Waals surface area contributed by atoms with Crippen LogP contribution in [0, 0.1) is 6.92 Å². The Morgan fingerprint density at radius 1 is 1.11 bits per heavy atom. The predicted molar refractivity (Wildman–Crippen MR) is 103 cm³/mol. The molecule has 0 bridgehead atoms. The van der Waals surface area contributed by atoms with Crippen molar-refractivity contribution in [2.75, 3.05) is 13.2 Å². The Hall–Kier alpha value is -2.82. The van der Waals surface area contributed by atoms with Crippen molar-refractivity contribution < 1.29 is 19.1 Å². The Morgan fingerprint density at radius 2 is 1.89 bits per heavy atom. The van der Waals surface area contributed by atoms with Crippen molar-refractivity contribution in [1.29, 1.82) is 0 Å². The molecule has 5 nitrogen and oxygen atoms in total. The maximum atomic E-state index is 12.1. The summed E-state index contributed by atoms with van der Waals surface area (Å²) in [5.74, 6) is 0.0339. The normalized spacial score (nSPS) is 15.5. The molecule has 0 saturated carbocycles. The van der Waals surface area contributed by atoms with Crippen molar-refractivity contribution in [3.05, 3.63) is 65.2 Å². The van der Waals surface area contributed by atoms with Crippen LogP contribution in [0.1, 0.15) is 42.0 Å². The summed E-state index contributed by atoms with van der Waals surface area (Å²) < 4.78 is 10.6. The lowest BCUT2D eigenvalue weighted by Gasteiger charge is -2.26. The van der Waals surface area contributed by atoms with Gasteiger partial charge in [0.2, 0.25) is 0 Å². The number of benzene rings is 2. The van der Waals surface area contributed by atoms with E-state index in [2.05, 4.69) is 11.4 Å². The summed E-state index contributed by atoms with van der Waals surface area (Å²) in [5.41, 5.74) is 3.45. The first-order chi connectivity index (χ1) is 13.1. The van der Waals surface area contributed by atoms with E-state index in [9.17, 15) is 9.59 Å². The Labute approximate surface area is 159 Å². The molecule has 142 valence electrons. The molecule has 1 N–H and O–H groups in total. The number of carbonyl (C=O) groups excluding carboxylic acids is 2. The molecule has 1 amide bonds. The van der Waals surface area contributed by atoms with Gasteiger partial charge in [0, 0.05) is 0 Å². The summed E-state index contributed by atoms with van der Waals surface area (Å²) in [6, 6.07) is 15.8. The molecular formula is C22H25NO4. The number of rotatable bonds is 7. The Kier molecular flexibility index (Phi) is 6.47. The molecule has 0 aromatic heterocycles. The zero-order valence-corrected chi connectivity index (χ0v) is 15.6. The van der Waals surface area contributed by atoms with Gasteiger partial charge in [0.15, 0.2) is 6.61 Å². The second-order valence-corrected chi connectivity index (χ2v) is 6.74. The van der Waals surface area contributed by atoms with E-state index in [1.54, 1.807) is 0 Å². The maximum Gasteiger partial charge on any atom is 0.309 e. The van der Waals surface area contributed by atoms with Crippen LogP contribution in [-0.4, -0.2) is 25.1 Å². The highest BCUT2D eigenvalue weighted by molar-refractivity contribution is 5.81. The topological polar surface area (TPSA) is 64.6 Å². The van der Waals surface area contributed by atoms with E-state index in [4.69, 9.17) is 9.47 Å². The van der Waals surface area contributed by atoms with Crippen LogP contribution in [-0.2, 0) is 20.7 Å². The van der Waals surface area contributed by atoms with Crippen LogP contribution >= 0.6 is 0 Å². The number of fused-ring (bicyclic) bond motifs is 1. The van der Waals surface area contributed by atoms with Gasteiger partial charge in [-0.15, -0.1) is 0 Å². The minimum Gasteiger partial charge on any atom is -0.493 e. The molecular weight excluding hydrogens is 342 g/mol. The summed E-state index contributed by atoms with van der Waals surface area (Å²) in [6.07, 6.45) is 3.09. The van der Waals surface area contributed by atoms with Gasteiger partial charge in [-0.3, -0.25) is 9.59 Å². The second-order valence-electron chi connectivity index (χ2n) is 6.74. The van der Waals surface area contributed by atoms with E-state index in [1.165, 1.54) is 5.56 Å². The highest BCUT2D eigenvalue weighted by Crippen LogP contribution is 2.29. The predicted octanol–water partition coefficient (Wildman–Crippen LogP) is 3.50. The Bertz CT molecular complexity index is 802. The summed E-state index contributed by atoms with van der Waals surface area (Å²) in [7, 11) is 0. The van der Waals surface area contributed by atoms with E-state index in [0.29, 0.717) is 0 Å². The third-order valence-electron chi connectivity index (χ3n) is 4.73. The molecule has 0 saturated heterocycles. The van der Waals surface area contributed by atoms with Gasteiger partial charge in [0.05, 0.1) is 19.1 Å². The van der Waals surface area contributed by atoms with Crippen LogP contribution in [0.4, 0.5) is 0 Å². The zero-order chi connectivity index (χ0) is 19.1. The van der Waals surface area contributed by atoms with E-state index in [0.717, 1.165) is 36.1 Å². The number of esters is 1. The highest BCUT2D eigenvalue weighted by Gasteiger charge is 2.21. The second kappa shape index (κ2) is 9.21. The summed E-state index contributed by atoms with van der Waals surface area (Å²) in [5, 5.41) is 2.97. The zero-order valence-electron chi connectivity index (χ0n) is 15.6. The van der Waals surface area contributed by atoms with Crippen LogP contribution in [0.25, 0.3) is 0 Å². The summed E-state index contributed by atoms with van der Waals surface area (Å²) in [4.78, 5) is 24.0. The molecule has 1 aliphatic rings. The van der Waals surface area contributed by atoms with E-state index in [-0.39, 0.29) is 31.6 Å². The standard InChI is InChI=1S/C22H25NO4/c1-16-7-2-5-12-20(16)26-14-13-22(25)27-15-21(24)23-19-11-6-9-17-8-3-4-10-18(17)19/h2-5,7-8,10,12,19H,6,9,11,13-15H2,1H3,(H,23,24)/t19-/m0/s1. The number of amides is 1. The van der Waals surface area contributed by atoms with Crippen LogP contribution < -0.4 is 10.1 Å². The number of carbonyl (C=O) groups is 2. The third-order valence-corrected chi connectivity index (χ3v) is 4.73. The van der Waals surface area contributed by atoms with Gasteiger partial charge in [-0.05, 0) is 48.9 Å². The minimum atomic E-state index is -0.442. The minimum absolute atomic E-state index is 0.00876. The third kappa shape index (κ3) is 5.33. The monoisotopic (exact) mass is 367 g/mol. The number of aryl methyl sites for hydroxylation is 2. The van der Waals surface area contributed by atoms with Gasteiger partial charge in [-0.2, -0.15) is 0 Å². The number of para-hydroxylation sites is 1. The van der Waals surface area contributed by atoms with Gasteiger partial charge in [-0.1, -0.05) is 42.5 Å². The first-order valence-electron chi connectivity index (χ1n) is 9.34. The van der Waals surface area contributed by atoms with E-state index < -0.39 is 5.97 Å². The van der Waals surface area contributed by atoms with Crippen LogP contribution in [0.5, 0.6) is 5.75 Å². The number of nitrogens with one attached hydrogen (secondary N) is 1. The van der Waals surface area contributed by atoms with Crippen LogP contribution in [0.3, 0.4) is 0 Å². The SMILES string of the molecule is Cc1ccccc1OCCC(=O)OCC(=O)N[C@H]1CCCc2ccccc21. The Morgan fingerprint density at radius 3 is 2.74 bits per heavy atom. The lowest BCUT2D eigenvalue weighted by atomic mass is 9.88. The van der Waals surface area contributed by atoms with Crippen molar-refractivity contribution in [2.45, 2.75) is 38.6 Å². The average Bonchev–Trinajstić information content (AvgIpc) is 2.68. The first kappa shape index (κ1) is 19.0. The fourth-order valence-electron chi connectivity index (χ4n) is 3.32. The Balaban J connectivity index is 1.39. The molecule has 5 heteroatoms. The van der Waals surface area contributed by atoms with Crippen molar-refractivity contribution in [3.8, 4) is 5.75 Å². The molecule has 0 spiro atoms. The van der Waals surface area contributed by atoms with Gasteiger partial charge in [0.25, 0.3) is 5.91 Å². The van der Waals surface area contributed by atoms with Crippen molar-refractivity contribution in [1.82, 2.24) is 5.32 Å². The van der Waals surface area contributed by atoms with Crippen molar-refractivity contribution in [3.63, 3.8) is 0 Å².